The van der Waals surface area contributed by atoms with Gasteiger partial charge in [-0.05, 0) is 83.4 Å². The summed E-state index contributed by atoms with van der Waals surface area (Å²) in [6.07, 6.45) is 0. The summed E-state index contributed by atoms with van der Waals surface area (Å²) >= 11 is 0. The molecule has 12 rings (SSSR count). The Morgan fingerprint density at radius 3 is 1.30 bits per heavy atom. The first kappa shape index (κ1) is 31.5. The molecule has 0 N–H and O–H groups in total. The first-order valence-corrected chi connectivity index (χ1v) is 18.9. The van der Waals surface area contributed by atoms with Gasteiger partial charge in [-0.2, -0.15) is 0 Å². The average molecular weight is 732 g/mol. The highest BCUT2D eigenvalue weighted by Gasteiger charge is 2.20. The molecule has 4 heterocycles. The standard InChI is InChI=1S/C51H29N3O3/c1-3-11-30(12-4-1)49-52-50(31-13-5-2-6-14-31)54-51(53-49)34-21-24-47-41(27-34)42-29-35(32-19-22-45-39(25-32)36-15-7-9-17-43(36)55-45)28-38(48(42)57-47)33-20-23-46-40(26-33)37-16-8-10-18-44(37)56-46/h1-29H. The van der Waals surface area contributed by atoms with Crippen LogP contribution in [0, 0.1) is 0 Å². The van der Waals surface area contributed by atoms with Crippen LogP contribution in [0.15, 0.2) is 189 Å². The molecule has 4 aromatic heterocycles. The molecule has 6 heteroatoms. The number of rotatable bonds is 5. The molecule has 0 fully saturated rings. The highest BCUT2D eigenvalue weighted by Crippen LogP contribution is 2.43. The van der Waals surface area contributed by atoms with Crippen molar-refractivity contribution in [2.24, 2.45) is 0 Å². The zero-order valence-electron chi connectivity index (χ0n) is 30.3. The van der Waals surface area contributed by atoms with Gasteiger partial charge in [-0.1, -0.05) is 109 Å². The summed E-state index contributed by atoms with van der Waals surface area (Å²) in [6, 6.07) is 60.0. The van der Waals surface area contributed by atoms with Crippen molar-refractivity contribution in [3.05, 3.63) is 176 Å². The summed E-state index contributed by atoms with van der Waals surface area (Å²) in [4.78, 5) is 15.0. The topological polar surface area (TPSA) is 78.1 Å². The second-order valence-electron chi connectivity index (χ2n) is 14.4. The van der Waals surface area contributed by atoms with E-state index >= 15 is 0 Å². The van der Waals surface area contributed by atoms with Crippen molar-refractivity contribution in [3.63, 3.8) is 0 Å². The highest BCUT2D eigenvalue weighted by molar-refractivity contribution is 6.14. The number of fused-ring (bicyclic) bond motifs is 9. The predicted octanol–water partition coefficient (Wildman–Crippen LogP) is 13.9. The lowest BCUT2D eigenvalue weighted by Gasteiger charge is -2.09. The maximum absolute atomic E-state index is 6.81. The molecule has 0 radical (unpaired) electrons. The Kier molecular flexibility index (Phi) is 6.83. The first-order chi connectivity index (χ1) is 28.2. The van der Waals surface area contributed by atoms with Gasteiger partial charge in [-0.25, -0.2) is 15.0 Å². The molecule has 0 amide bonds. The third-order valence-corrected chi connectivity index (χ3v) is 10.9. The van der Waals surface area contributed by atoms with E-state index in [0.29, 0.717) is 17.5 Å². The lowest BCUT2D eigenvalue weighted by molar-refractivity contribution is 0.668. The number of nitrogens with zero attached hydrogens (tertiary/aromatic N) is 3. The van der Waals surface area contributed by atoms with Crippen LogP contribution in [-0.4, -0.2) is 15.0 Å². The van der Waals surface area contributed by atoms with Crippen molar-refractivity contribution >= 4 is 65.8 Å². The fourth-order valence-electron chi connectivity index (χ4n) is 8.14. The molecule has 0 aliphatic carbocycles. The van der Waals surface area contributed by atoms with E-state index in [0.717, 1.165) is 105 Å². The molecule has 0 atom stereocenters. The molecule has 0 saturated carbocycles. The smallest absolute Gasteiger partial charge is 0.164 e. The second-order valence-corrected chi connectivity index (χ2v) is 14.4. The molecular formula is C51H29N3O3. The van der Waals surface area contributed by atoms with Crippen LogP contribution in [0.3, 0.4) is 0 Å². The van der Waals surface area contributed by atoms with Gasteiger partial charge in [0.1, 0.15) is 33.5 Å². The zero-order chi connectivity index (χ0) is 37.5. The van der Waals surface area contributed by atoms with Gasteiger partial charge in [-0.3, -0.25) is 0 Å². The molecule has 0 aliphatic heterocycles. The number of para-hydroxylation sites is 2. The summed E-state index contributed by atoms with van der Waals surface area (Å²) in [5.74, 6) is 1.82. The van der Waals surface area contributed by atoms with E-state index in [-0.39, 0.29) is 0 Å². The Morgan fingerprint density at radius 1 is 0.263 bits per heavy atom. The van der Waals surface area contributed by atoms with E-state index in [4.69, 9.17) is 28.2 Å². The SMILES string of the molecule is c1ccc(-c2nc(-c3ccccc3)nc(-c3ccc4oc5c(-c6ccc7oc8ccccc8c7c6)cc(-c6ccc7oc8ccccc8c7c6)cc5c4c3)n2)cc1. The van der Waals surface area contributed by atoms with Crippen LogP contribution in [0.5, 0.6) is 0 Å². The molecule has 57 heavy (non-hydrogen) atoms. The lowest BCUT2D eigenvalue weighted by atomic mass is 9.94. The monoisotopic (exact) mass is 731 g/mol. The van der Waals surface area contributed by atoms with Crippen LogP contribution in [0.4, 0.5) is 0 Å². The number of benzene rings is 8. The van der Waals surface area contributed by atoms with Crippen LogP contribution < -0.4 is 0 Å². The minimum atomic E-state index is 0.588. The molecule has 8 aromatic carbocycles. The maximum atomic E-state index is 6.81. The highest BCUT2D eigenvalue weighted by atomic mass is 16.3. The van der Waals surface area contributed by atoms with Gasteiger partial charge in [0.05, 0.1) is 0 Å². The predicted molar refractivity (Wildman–Crippen MR) is 229 cm³/mol. The summed E-state index contributed by atoms with van der Waals surface area (Å²) in [5.41, 5.74) is 11.9. The fraction of sp³-hybridized carbons (Fsp3) is 0. The molecule has 12 aromatic rings. The second kappa shape index (κ2) is 12.3. The van der Waals surface area contributed by atoms with Gasteiger partial charge in [0, 0.05) is 54.6 Å². The normalized spacial score (nSPS) is 11.9. The van der Waals surface area contributed by atoms with Gasteiger partial charge in [0.25, 0.3) is 0 Å². The molecule has 6 nitrogen and oxygen atoms in total. The van der Waals surface area contributed by atoms with E-state index in [1.54, 1.807) is 0 Å². The van der Waals surface area contributed by atoms with E-state index < -0.39 is 0 Å². The fourth-order valence-corrected chi connectivity index (χ4v) is 8.14. The van der Waals surface area contributed by atoms with Crippen molar-refractivity contribution in [1.29, 1.82) is 0 Å². The number of hydrogen-bond donors (Lipinski definition) is 0. The van der Waals surface area contributed by atoms with E-state index in [1.807, 2.05) is 103 Å². The molecular weight excluding hydrogens is 703 g/mol. The van der Waals surface area contributed by atoms with Crippen LogP contribution in [-0.2, 0) is 0 Å². The summed E-state index contributed by atoms with van der Waals surface area (Å²) in [5, 5.41) is 6.27. The minimum absolute atomic E-state index is 0.588. The van der Waals surface area contributed by atoms with Gasteiger partial charge in [-0.15, -0.1) is 0 Å². The first-order valence-electron chi connectivity index (χ1n) is 18.9. The Bertz CT molecular complexity index is 3470. The minimum Gasteiger partial charge on any atom is -0.456 e. The van der Waals surface area contributed by atoms with Gasteiger partial charge in [0.2, 0.25) is 0 Å². The van der Waals surface area contributed by atoms with Gasteiger partial charge < -0.3 is 13.3 Å². The maximum Gasteiger partial charge on any atom is 0.164 e. The van der Waals surface area contributed by atoms with Crippen LogP contribution in [0.2, 0.25) is 0 Å². The number of furan rings is 3. The van der Waals surface area contributed by atoms with Crippen LogP contribution in [0.25, 0.3) is 122 Å². The zero-order valence-corrected chi connectivity index (χ0v) is 30.3. The number of aromatic nitrogens is 3. The van der Waals surface area contributed by atoms with Crippen molar-refractivity contribution in [3.8, 4) is 56.4 Å². The molecule has 0 spiro atoms. The Labute approximate surface area is 325 Å². The summed E-state index contributed by atoms with van der Waals surface area (Å²) in [7, 11) is 0. The Hall–Kier alpha value is -7.83. The van der Waals surface area contributed by atoms with Crippen LogP contribution in [0.1, 0.15) is 0 Å². The third-order valence-electron chi connectivity index (χ3n) is 10.9. The Balaban J connectivity index is 1.10. The van der Waals surface area contributed by atoms with E-state index in [9.17, 15) is 0 Å². The van der Waals surface area contributed by atoms with E-state index in [1.165, 1.54) is 0 Å². The molecule has 0 saturated heterocycles. The number of hydrogen-bond acceptors (Lipinski definition) is 6. The van der Waals surface area contributed by atoms with Gasteiger partial charge in [0.15, 0.2) is 17.5 Å². The van der Waals surface area contributed by atoms with Gasteiger partial charge >= 0.3 is 0 Å². The Morgan fingerprint density at radius 2 is 0.684 bits per heavy atom. The van der Waals surface area contributed by atoms with E-state index in [2.05, 4.69) is 72.8 Å². The summed E-state index contributed by atoms with van der Waals surface area (Å²) in [6.45, 7) is 0. The molecule has 0 aliphatic rings. The molecule has 0 unspecified atom stereocenters. The average Bonchev–Trinajstić information content (AvgIpc) is 3.97. The largest absolute Gasteiger partial charge is 0.456 e. The molecule has 0 bridgehead atoms. The third kappa shape index (κ3) is 5.15. The quantitative estimate of drug-likeness (QED) is 0.175. The van der Waals surface area contributed by atoms with Crippen molar-refractivity contribution in [2.45, 2.75) is 0 Å². The van der Waals surface area contributed by atoms with Crippen molar-refractivity contribution in [1.82, 2.24) is 15.0 Å². The molecule has 266 valence electrons. The van der Waals surface area contributed by atoms with Crippen LogP contribution >= 0.6 is 0 Å². The lowest BCUT2D eigenvalue weighted by Crippen LogP contribution is -2.00. The van der Waals surface area contributed by atoms with Crippen molar-refractivity contribution in [2.75, 3.05) is 0 Å². The summed E-state index contributed by atoms with van der Waals surface area (Å²) < 4.78 is 19.2. The van der Waals surface area contributed by atoms with Crippen molar-refractivity contribution < 1.29 is 13.3 Å².